The number of imidazole rings is 1. The summed E-state index contributed by atoms with van der Waals surface area (Å²) >= 11 is 0. The molecule has 118 valence electrons. The fourth-order valence-corrected chi connectivity index (χ4v) is 3.99. The van der Waals surface area contributed by atoms with E-state index < -0.39 is 15.3 Å². The molecule has 0 saturated carbocycles. The summed E-state index contributed by atoms with van der Waals surface area (Å²) < 4.78 is 29.2. The Kier molecular flexibility index (Phi) is 4.25. The normalized spacial score (nSPS) is 22.0. The van der Waals surface area contributed by atoms with E-state index in [0.29, 0.717) is 6.54 Å². The number of nitrogens with zero attached hydrogens (tertiary/aromatic N) is 2. The zero-order valence-corrected chi connectivity index (χ0v) is 13.0. The first kappa shape index (κ1) is 15.2. The standard InChI is InChI=1S/C14H19N5O2S/c1-11-14(9-16-18-11)22(20,21)17-8-12-3-2-4-13(7-12)19-6-5-15-10-19/h2-7,10-11,14,16-18H,8-9H2,1H3. The summed E-state index contributed by atoms with van der Waals surface area (Å²) in [6, 6.07) is 7.58. The quantitative estimate of drug-likeness (QED) is 0.730. The Bertz CT molecular complexity index is 729. The lowest BCUT2D eigenvalue weighted by atomic mass is 10.2. The van der Waals surface area contributed by atoms with Gasteiger partial charge in [0, 0.05) is 37.2 Å². The molecule has 8 heteroatoms. The van der Waals surface area contributed by atoms with E-state index in [1.165, 1.54) is 0 Å². The predicted octanol–water partition coefficient (Wildman–Crippen LogP) is 0.157. The lowest BCUT2D eigenvalue weighted by Crippen LogP contribution is -2.41. The number of aromatic nitrogens is 2. The fraction of sp³-hybridized carbons (Fsp3) is 0.357. The molecular weight excluding hydrogens is 302 g/mol. The van der Waals surface area contributed by atoms with Crippen LogP contribution in [-0.2, 0) is 16.6 Å². The Morgan fingerprint density at radius 2 is 2.32 bits per heavy atom. The number of benzene rings is 1. The average molecular weight is 321 g/mol. The van der Waals surface area contributed by atoms with E-state index in [-0.39, 0.29) is 12.6 Å². The lowest BCUT2D eigenvalue weighted by molar-refractivity contribution is 0.549. The summed E-state index contributed by atoms with van der Waals surface area (Å²) in [5.74, 6) is 0. The molecule has 0 spiro atoms. The maximum atomic E-state index is 12.3. The van der Waals surface area contributed by atoms with Gasteiger partial charge in [0.05, 0.1) is 6.33 Å². The van der Waals surface area contributed by atoms with Crippen LogP contribution in [0.25, 0.3) is 5.69 Å². The molecule has 3 rings (SSSR count). The van der Waals surface area contributed by atoms with Crippen molar-refractivity contribution in [2.24, 2.45) is 0 Å². The van der Waals surface area contributed by atoms with Crippen molar-refractivity contribution in [1.82, 2.24) is 25.1 Å². The van der Waals surface area contributed by atoms with Gasteiger partial charge in [-0.15, -0.1) is 0 Å². The smallest absolute Gasteiger partial charge is 0.217 e. The Morgan fingerprint density at radius 3 is 3.00 bits per heavy atom. The largest absolute Gasteiger partial charge is 0.306 e. The highest BCUT2D eigenvalue weighted by molar-refractivity contribution is 7.90. The number of sulfonamides is 1. The van der Waals surface area contributed by atoms with Gasteiger partial charge in [0.15, 0.2) is 0 Å². The monoisotopic (exact) mass is 321 g/mol. The van der Waals surface area contributed by atoms with Crippen molar-refractivity contribution in [2.75, 3.05) is 6.54 Å². The van der Waals surface area contributed by atoms with Crippen molar-refractivity contribution in [3.05, 3.63) is 48.5 Å². The third-order valence-electron chi connectivity index (χ3n) is 3.78. The first-order valence-corrected chi connectivity index (χ1v) is 8.65. The molecule has 1 saturated heterocycles. The Morgan fingerprint density at radius 1 is 1.45 bits per heavy atom. The van der Waals surface area contributed by atoms with E-state index in [2.05, 4.69) is 20.6 Å². The van der Waals surface area contributed by atoms with Gasteiger partial charge in [0.1, 0.15) is 5.25 Å². The second kappa shape index (κ2) is 6.17. The Labute approximate surface area is 129 Å². The van der Waals surface area contributed by atoms with Crippen LogP contribution in [0, 0.1) is 0 Å². The molecule has 0 aliphatic carbocycles. The van der Waals surface area contributed by atoms with Crippen molar-refractivity contribution < 1.29 is 8.42 Å². The third kappa shape index (κ3) is 3.20. The average Bonchev–Trinajstić information content (AvgIpc) is 3.17. The molecule has 22 heavy (non-hydrogen) atoms. The maximum absolute atomic E-state index is 12.3. The lowest BCUT2D eigenvalue weighted by Gasteiger charge is -2.16. The van der Waals surface area contributed by atoms with Gasteiger partial charge in [0.2, 0.25) is 10.0 Å². The molecule has 0 amide bonds. The van der Waals surface area contributed by atoms with E-state index in [1.807, 2.05) is 42.0 Å². The van der Waals surface area contributed by atoms with E-state index in [0.717, 1.165) is 11.3 Å². The molecule has 2 unspecified atom stereocenters. The maximum Gasteiger partial charge on any atom is 0.217 e. The highest BCUT2D eigenvalue weighted by Crippen LogP contribution is 2.12. The molecular formula is C14H19N5O2S. The molecule has 2 atom stereocenters. The minimum absolute atomic E-state index is 0.116. The van der Waals surface area contributed by atoms with Gasteiger partial charge < -0.3 is 4.57 Å². The van der Waals surface area contributed by atoms with E-state index in [9.17, 15) is 8.42 Å². The first-order chi connectivity index (χ1) is 10.6. The van der Waals surface area contributed by atoms with Crippen LogP contribution in [0.1, 0.15) is 12.5 Å². The molecule has 7 nitrogen and oxygen atoms in total. The molecule has 1 aromatic carbocycles. The second-order valence-electron chi connectivity index (χ2n) is 5.36. The second-order valence-corrected chi connectivity index (χ2v) is 7.34. The fourth-order valence-electron chi connectivity index (χ4n) is 2.50. The van der Waals surface area contributed by atoms with Gasteiger partial charge in [-0.2, -0.15) is 0 Å². The number of hydrogen-bond donors (Lipinski definition) is 3. The zero-order chi connectivity index (χ0) is 15.6. The summed E-state index contributed by atoms with van der Waals surface area (Å²) in [7, 11) is -3.37. The summed E-state index contributed by atoms with van der Waals surface area (Å²) in [6.45, 7) is 2.53. The van der Waals surface area contributed by atoms with Crippen LogP contribution >= 0.6 is 0 Å². The van der Waals surface area contributed by atoms with Crippen molar-refractivity contribution in [2.45, 2.75) is 24.8 Å². The van der Waals surface area contributed by atoms with Crippen LogP contribution in [0.3, 0.4) is 0 Å². The Balaban J connectivity index is 1.70. The van der Waals surface area contributed by atoms with E-state index in [1.54, 1.807) is 12.5 Å². The molecule has 0 bridgehead atoms. The van der Waals surface area contributed by atoms with Crippen molar-refractivity contribution in [1.29, 1.82) is 0 Å². The first-order valence-electron chi connectivity index (χ1n) is 7.10. The van der Waals surface area contributed by atoms with Crippen LogP contribution in [-0.4, -0.2) is 35.8 Å². The molecule has 3 N–H and O–H groups in total. The molecule has 1 aliphatic rings. The van der Waals surface area contributed by atoms with Crippen LogP contribution in [0.5, 0.6) is 0 Å². The van der Waals surface area contributed by atoms with Crippen molar-refractivity contribution >= 4 is 10.0 Å². The van der Waals surface area contributed by atoms with Crippen LogP contribution in [0.2, 0.25) is 0 Å². The molecule has 2 heterocycles. The van der Waals surface area contributed by atoms with Gasteiger partial charge in [-0.3, -0.25) is 10.9 Å². The predicted molar refractivity (Wildman–Crippen MR) is 83.7 cm³/mol. The van der Waals surface area contributed by atoms with Crippen LogP contribution < -0.4 is 15.6 Å². The summed E-state index contributed by atoms with van der Waals surface area (Å²) in [5.41, 5.74) is 7.65. The van der Waals surface area contributed by atoms with E-state index >= 15 is 0 Å². The SMILES string of the molecule is CC1NNCC1S(=O)(=O)NCc1cccc(-n2ccnc2)c1. The minimum atomic E-state index is -3.37. The van der Waals surface area contributed by atoms with Gasteiger partial charge in [-0.1, -0.05) is 12.1 Å². The van der Waals surface area contributed by atoms with Crippen LogP contribution in [0.4, 0.5) is 0 Å². The number of hydrazine groups is 1. The number of nitrogens with one attached hydrogen (secondary N) is 3. The van der Waals surface area contributed by atoms with Crippen molar-refractivity contribution in [3.8, 4) is 5.69 Å². The zero-order valence-electron chi connectivity index (χ0n) is 12.2. The van der Waals surface area contributed by atoms with Gasteiger partial charge in [0.25, 0.3) is 0 Å². The van der Waals surface area contributed by atoms with E-state index in [4.69, 9.17) is 0 Å². The minimum Gasteiger partial charge on any atom is -0.306 e. The summed E-state index contributed by atoms with van der Waals surface area (Å²) in [4.78, 5) is 4.01. The summed E-state index contributed by atoms with van der Waals surface area (Å²) in [6.07, 6.45) is 5.26. The van der Waals surface area contributed by atoms with Gasteiger partial charge in [-0.25, -0.2) is 18.1 Å². The molecule has 1 aliphatic heterocycles. The third-order valence-corrected chi connectivity index (χ3v) is 5.70. The topological polar surface area (TPSA) is 88.0 Å². The highest BCUT2D eigenvalue weighted by atomic mass is 32.2. The highest BCUT2D eigenvalue weighted by Gasteiger charge is 2.34. The summed E-state index contributed by atoms with van der Waals surface area (Å²) in [5, 5.41) is -0.468. The van der Waals surface area contributed by atoms with Gasteiger partial charge >= 0.3 is 0 Å². The van der Waals surface area contributed by atoms with Gasteiger partial charge in [-0.05, 0) is 24.6 Å². The molecule has 1 aromatic heterocycles. The molecule has 2 aromatic rings. The molecule has 1 fully saturated rings. The Hall–Kier alpha value is -1.74. The number of rotatable bonds is 5. The molecule has 0 radical (unpaired) electrons. The van der Waals surface area contributed by atoms with Crippen LogP contribution in [0.15, 0.2) is 43.0 Å². The number of hydrogen-bond acceptors (Lipinski definition) is 5. The van der Waals surface area contributed by atoms with Crippen molar-refractivity contribution in [3.63, 3.8) is 0 Å².